The summed E-state index contributed by atoms with van der Waals surface area (Å²) in [6.45, 7) is 1.30. The van der Waals surface area contributed by atoms with E-state index < -0.39 is 23.5 Å². The lowest BCUT2D eigenvalue weighted by Gasteiger charge is -2.28. The summed E-state index contributed by atoms with van der Waals surface area (Å²) in [5.41, 5.74) is 1.71. The van der Waals surface area contributed by atoms with E-state index in [9.17, 15) is 14.7 Å². The van der Waals surface area contributed by atoms with Crippen LogP contribution in [0.2, 0.25) is 0 Å². The minimum Gasteiger partial charge on any atom is -0.503 e. The number of carbonyl (C=O) groups excluding carboxylic acids is 2. The van der Waals surface area contributed by atoms with Crippen LogP contribution in [0.1, 0.15) is 27.7 Å². The molecule has 0 fully saturated rings. The number of carbonyl (C=O) groups is 2. The summed E-state index contributed by atoms with van der Waals surface area (Å²) >= 11 is 0. The third-order valence-corrected chi connectivity index (χ3v) is 5.50. The first kappa shape index (κ1) is 22.4. The van der Waals surface area contributed by atoms with E-state index in [1.807, 2.05) is 67.5 Å². The SMILES string of the molecule is CN(C)CCN1C(=O)C(O)=C(C(=O)c2ccco2)C1c1cccc(OCc2ccccc2)c1. The van der Waals surface area contributed by atoms with Crippen LogP contribution >= 0.6 is 0 Å². The van der Waals surface area contributed by atoms with Crippen molar-refractivity contribution in [1.29, 1.82) is 0 Å². The smallest absolute Gasteiger partial charge is 0.290 e. The van der Waals surface area contributed by atoms with Crippen molar-refractivity contribution in [2.75, 3.05) is 27.2 Å². The van der Waals surface area contributed by atoms with E-state index >= 15 is 0 Å². The van der Waals surface area contributed by atoms with Gasteiger partial charge in [0.1, 0.15) is 12.4 Å². The highest BCUT2D eigenvalue weighted by Gasteiger charge is 2.44. The van der Waals surface area contributed by atoms with Crippen molar-refractivity contribution < 1.29 is 23.8 Å². The zero-order valence-corrected chi connectivity index (χ0v) is 18.6. The van der Waals surface area contributed by atoms with E-state index in [-0.39, 0.29) is 11.3 Å². The highest BCUT2D eigenvalue weighted by atomic mass is 16.5. The zero-order valence-electron chi connectivity index (χ0n) is 18.6. The van der Waals surface area contributed by atoms with E-state index in [0.29, 0.717) is 31.0 Å². The number of hydrogen-bond donors (Lipinski definition) is 1. The molecule has 0 saturated carbocycles. The summed E-state index contributed by atoms with van der Waals surface area (Å²) in [5, 5.41) is 10.7. The molecule has 7 heteroatoms. The van der Waals surface area contributed by atoms with Gasteiger partial charge in [-0.25, -0.2) is 0 Å². The molecule has 0 bridgehead atoms. The van der Waals surface area contributed by atoms with Crippen molar-refractivity contribution in [1.82, 2.24) is 9.80 Å². The maximum atomic E-state index is 13.2. The summed E-state index contributed by atoms with van der Waals surface area (Å²) < 4.78 is 11.2. The first-order valence-corrected chi connectivity index (χ1v) is 10.7. The third kappa shape index (κ3) is 4.83. The van der Waals surface area contributed by atoms with Gasteiger partial charge in [-0.05, 0) is 49.5 Å². The van der Waals surface area contributed by atoms with Gasteiger partial charge in [-0.15, -0.1) is 0 Å². The Morgan fingerprint density at radius 2 is 1.88 bits per heavy atom. The number of likely N-dealkylation sites (N-methyl/N-ethyl adjacent to an activating group) is 1. The monoisotopic (exact) mass is 446 g/mol. The Morgan fingerprint density at radius 3 is 2.58 bits per heavy atom. The van der Waals surface area contributed by atoms with Gasteiger partial charge >= 0.3 is 0 Å². The van der Waals surface area contributed by atoms with Crippen LogP contribution in [-0.4, -0.2) is 53.8 Å². The van der Waals surface area contributed by atoms with Gasteiger partial charge < -0.3 is 24.1 Å². The molecule has 1 aliphatic rings. The number of aliphatic hydroxyl groups excluding tert-OH is 1. The maximum absolute atomic E-state index is 13.2. The summed E-state index contributed by atoms with van der Waals surface area (Å²) in [6.07, 6.45) is 1.39. The van der Waals surface area contributed by atoms with Crippen LogP contribution in [-0.2, 0) is 11.4 Å². The fourth-order valence-corrected chi connectivity index (χ4v) is 3.83. The van der Waals surface area contributed by atoms with Crippen molar-refractivity contribution in [3.8, 4) is 5.75 Å². The molecule has 2 heterocycles. The summed E-state index contributed by atoms with van der Waals surface area (Å²) in [7, 11) is 3.80. The molecule has 1 unspecified atom stereocenters. The van der Waals surface area contributed by atoms with Crippen molar-refractivity contribution in [3.63, 3.8) is 0 Å². The molecule has 1 aromatic heterocycles. The largest absolute Gasteiger partial charge is 0.503 e. The van der Waals surface area contributed by atoms with Crippen LogP contribution in [0, 0.1) is 0 Å². The number of furan rings is 1. The van der Waals surface area contributed by atoms with E-state index in [1.165, 1.54) is 17.2 Å². The Morgan fingerprint density at radius 1 is 1.09 bits per heavy atom. The van der Waals surface area contributed by atoms with Crippen LogP contribution in [0.3, 0.4) is 0 Å². The van der Waals surface area contributed by atoms with Crippen LogP contribution in [0.15, 0.2) is 88.7 Å². The molecule has 170 valence electrons. The molecular formula is C26H26N2O5. The standard InChI is InChI=1S/C26H26N2O5/c1-27(2)13-14-28-23(22(25(30)26(28)31)24(29)21-12-7-15-32-21)19-10-6-11-20(16-19)33-17-18-8-4-3-5-9-18/h3-12,15-16,23,30H,13-14,17H2,1-2H3. The topological polar surface area (TPSA) is 83.2 Å². The number of benzene rings is 2. The van der Waals surface area contributed by atoms with Crippen molar-refractivity contribution in [3.05, 3.63) is 101 Å². The van der Waals surface area contributed by atoms with E-state index in [2.05, 4.69) is 0 Å². The summed E-state index contributed by atoms with van der Waals surface area (Å²) in [6, 6.07) is 19.4. The Balaban J connectivity index is 1.67. The molecule has 1 N–H and O–H groups in total. The maximum Gasteiger partial charge on any atom is 0.290 e. The van der Waals surface area contributed by atoms with E-state index in [0.717, 1.165) is 5.56 Å². The lowest BCUT2D eigenvalue weighted by Crippen LogP contribution is -2.36. The number of ketones is 1. The predicted octanol–water partition coefficient (Wildman–Crippen LogP) is 4.00. The Labute approximate surface area is 192 Å². The van der Waals surface area contributed by atoms with Gasteiger partial charge in [-0.3, -0.25) is 9.59 Å². The molecule has 7 nitrogen and oxygen atoms in total. The Hall–Kier alpha value is -3.84. The lowest BCUT2D eigenvalue weighted by molar-refractivity contribution is -0.129. The van der Waals surface area contributed by atoms with Crippen LogP contribution in [0.25, 0.3) is 0 Å². The molecule has 1 amide bonds. The number of ether oxygens (including phenoxy) is 1. The first-order chi connectivity index (χ1) is 16.0. The highest BCUT2D eigenvalue weighted by molar-refractivity contribution is 6.15. The molecule has 0 aliphatic carbocycles. The minimum absolute atomic E-state index is 0.00826. The first-order valence-electron chi connectivity index (χ1n) is 10.7. The lowest BCUT2D eigenvalue weighted by atomic mass is 9.95. The zero-order chi connectivity index (χ0) is 23.4. The average Bonchev–Trinajstić information content (AvgIpc) is 3.44. The molecule has 0 radical (unpaired) electrons. The second-order valence-corrected chi connectivity index (χ2v) is 8.12. The van der Waals surface area contributed by atoms with Gasteiger partial charge in [0.25, 0.3) is 5.91 Å². The van der Waals surface area contributed by atoms with Gasteiger partial charge in [0.2, 0.25) is 5.78 Å². The number of hydrogen-bond acceptors (Lipinski definition) is 6. The predicted molar refractivity (Wildman–Crippen MR) is 123 cm³/mol. The number of rotatable bonds is 9. The third-order valence-electron chi connectivity index (χ3n) is 5.50. The molecular weight excluding hydrogens is 420 g/mol. The van der Waals surface area contributed by atoms with Crippen molar-refractivity contribution in [2.45, 2.75) is 12.6 Å². The molecule has 1 atom stereocenters. The van der Waals surface area contributed by atoms with Crippen molar-refractivity contribution in [2.24, 2.45) is 0 Å². The fraction of sp³-hybridized carbons (Fsp3) is 0.231. The second-order valence-electron chi connectivity index (χ2n) is 8.12. The molecule has 0 saturated heterocycles. The molecule has 33 heavy (non-hydrogen) atoms. The molecule has 1 aliphatic heterocycles. The van der Waals surface area contributed by atoms with Gasteiger partial charge in [-0.1, -0.05) is 42.5 Å². The molecule has 4 rings (SSSR count). The fourth-order valence-electron chi connectivity index (χ4n) is 3.83. The molecule has 0 spiro atoms. The van der Waals surface area contributed by atoms with Crippen LogP contribution < -0.4 is 4.74 Å². The number of aliphatic hydroxyl groups is 1. The van der Waals surface area contributed by atoms with Crippen molar-refractivity contribution >= 4 is 11.7 Å². The minimum atomic E-state index is -0.754. The average molecular weight is 447 g/mol. The number of Topliss-reactive ketones (excluding diaryl/α,β-unsaturated/α-hetero) is 1. The van der Waals surface area contributed by atoms with Gasteiger partial charge in [0.15, 0.2) is 11.5 Å². The summed E-state index contributed by atoms with van der Waals surface area (Å²) in [5.74, 6) is -0.963. The Kier molecular flexibility index (Phi) is 6.60. The molecule has 3 aromatic rings. The van der Waals surface area contributed by atoms with Gasteiger partial charge in [0.05, 0.1) is 17.9 Å². The van der Waals surface area contributed by atoms with Gasteiger partial charge in [-0.2, -0.15) is 0 Å². The Bertz CT molecular complexity index is 1150. The van der Waals surface area contributed by atoms with Gasteiger partial charge in [0, 0.05) is 13.1 Å². The second kappa shape index (κ2) is 9.75. The normalized spacial score (nSPS) is 16.0. The van der Waals surface area contributed by atoms with Crippen LogP contribution in [0.5, 0.6) is 5.75 Å². The molecule has 2 aromatic carbocycles. The van der Waals surface area contributed by atoms with E-state index in [4.69, 9.17) is 9.15 Å². The number of amides is 1. The van der Waals surface area contributed by atoms with Crippen LogP contribution in [0.4, 0.5) is 0 Å². The number of nitrogens with zero attached hydrogens (tertiary/aromatic N) is 2. The highest BCUT2D eigenvalue weighted by Crippen LogP contribution is 2.39. The summed E-state index contributed by atoms with van der Waals surface area (Å²) in [4.78, 5) is 29.6. The van der Waals surface area contributed by atoms with E-state index in [1.54, 1.807) is 12.1 Å². The quantitative estimate of drug-likeness (QED) is 0.501.